The molecule has 2 amide bonds. The maximum atomic E-state index is 12.9. The van der Waals surface area contributed by atoms with E-state index in [1.165, 1.54) is 18.2 Å². The van der Waals surface area contributed by atoms with E-state index in [1.807, 2.05) is 0 Å². The molecule has 5 rings (SSSR count). The van der Waals surface area contributed by atoms with Crippen LogP contribution in [0.15, 0.2) is 48.5 Å². The number of carbonyl (C=O) groups is 2. The molecule has 3 aromatic rings. The maximum Gasteiger partial charge on any atom is 0.416 e. The molecule has 210 valence electrons. The van der Waals surface area contributed by atoms with Crippen LogP contribution in [0.5, 0.6) is 11.5 Å². The average molecular weight is 557 g/mol. The van der Waals surface area contributed by atoms with E-state index in [4.69, 9.17) is 15.2 Å². The third kappa shape index (κ3) is 6.49. The molecular formula is C27H27F3N6O4. The van der Waals surface area contributed by atoms with Crippen LogP contribution in [-0.4, -0.2) is 65.6 Å². The van der Waals surface area contributed by atoms with Gasteiger partial charge in [-0.25, -0.2) is 9.97 Å². The molecule has 0 radical (unpaired) electrons. The molecule has 2 aliphatic heterocycles. The Balaban J connectivity index is 1.49. The number of amides is 2. The first-order valence-corrected chi connectivity index (χ1v) is 12.7. The summed E-state index contributed by atoms with van der Waals surface area (Å²) in [5.74, 6) is 0.230. The van der Waals surface area contributed by atoms with Crippen molar-refractivity contribution < 1.29 is 32.2 Å². The standard InChI is InChI=1S/C27H27F3N6O4/c28-27(29,30)17-1-3-18(4-2-17)40-19-5-6-20(16(13-19)15-36-9-11-39-12-10-36)25-34-22(24(31)37)14-23(35-25)33-21-7-8-32-26(21)38/h1-6,13-14,21H,7-12,15H2,(H2,31,37)(H,32,38)(H,33,34,35)/t21-/m0/s1. The number of hydrogen-bond donors (Lipinski definition) is 3. The molecule has 10 nitrogen and oxygen atoms in total. The molecule has 2 aromatic carbocycles. The summed E-state index contributed by atoms with van der Waals surface area (Å²) >= 11 is 0. The summed E-state index contributed by atoms with van der Waals surface area (Å²) in [6.45, 7) is 3.52. The topological polar surface area (TPSA) is 132 Å². The molecule has 2 aliphatic rings. The Bertz CT molecular complexity index is 1390. The fraction of sp³-hybridized carbons (Fsp3) is 0.333. The fourth-order valence-electron chi connectivity index (χ4n) is 4.51. The first-order chi connectivity index (χ1) is 19.2. The predicted octanol–water partition coefficient (Wildman–Crippen LogP) is 3.19. The number of alkyl halides is 3. The molecule has 0 aliphatic carbocycles. The van der Waals surface area contributed by atoms with Crippen molar-refractivity contribution in [2.75, 3.05) is 38.2 Å². The number of benzene rings is 2. The highest BCUT2D eigenvalue weighted by Crippen LogP contribution is 2.33. The Kier molecular flexibility index (Phi) is 7.85. The first-order valence-electron chi connectivity index (χ1n) is 12.7. The van der Waals surface area contributed by atoms with Gasteiger partial charge in [-0.05, 0) is 54.4 Å². The summed E-state index contributed by atoms with van der Waals surface area (Å²) in [6, 6.07) is 10.5. The Morgan fingerprint density at radius 3 is 2.48 bits per heavy atom. The second kappa shape index (κ2) is 11.5. The SMILES string of the molecule is NC(=O)c1cc(N[C@H]2CCNC2=O)nc(-c2ccc(Oc3ccc(C(F)(F)F)cc3)cc2CN2CCOCC2)n1. The van der Waals surface area contributed by atoms with Gasteiger partial charge in [0, 0.05) is 37.8 Å². The van der Waals surface area contributed by atoms with Crippen LogP contribution in [0.3, 0.4) is 0 Å². The summed E-state index contributed by atoms with van der Waals surface area (Å²) in [7, 11) is 0. The molecule has 0 spiro atoms. The molecule has 4 N–H and O–H groups in total. The lowest BCUT2D eigenvalue weighted by atomic mass is 10.0. The highest BCUT2D eigenvalue weighted by molar-refractivity contribution is 5.92. The van der Waals surface area contributed by atoms with Gasteiger partial charge in [-0.3, -0.25) is 14.5 Å². The summed E-state index contributed by atoms with van der Waals surface area (Å²) in [5.41, 5.74) is 6.13. The van der Waals surface area contributed by atoms with E-state index >= 15 is 0 Å². The van der Waals surface area contributed by atoms with Gasteiger partial charge >= 0.3 is 6.18 Å². The first kappa shape index (κ1) is 27.3. The number of hydrogen-bond acceptors (Lipinski definition) is 8. The van der Waals surface area contributed by atoms with Gasteiger partial charge in [0.2, 0.25) is 5.91 Å². The van der Waals surface area contributed by atoms with E-state index in [-0.39, 0.29) is 29.0 Å². The van der Waals surface area contributed by atoms with Crippen LogP contribution in [0.4, 0.5) is 19.0 Å². The molecule has 0 unspecified atom stereocenters. The zero-order chi connectivity index (χ0) is 28.3. The molecule has 2 saturated heterocycles. The lowest BCUT2D eigenvalue weighted by Gasteiger charge is -2.27. The number of nitrogens with one attached hydrogen (secondary N) is 2. The number of aromatic nitrogens is 2. The van der Waals surface area contributed by atoms with Crippen molar-refractivity contribution in [1.82, 2.24) is 20.2 Å². The molecule has 2 fully saturated rings. The third-order valence-corrected chi connectivity index (χ3v) is 6.58. The van der Waals surface area contributed by atoms with Gasteiger partial charge < -0.3 is 25.8 Å². The Morgan fingerprint density at radius 1 is 1.10 bits per heavy atom. The highest BCUT2D eigenvalue weighted by atomic mass is 19.4. The van der Waals surface area contributed by atoms with Gasteiger partial charge in [0.05, 0.1) is 18.8 Å². The van der Waals surface area contributed by atoms with Crippen LogP contribution in [0.25, 0.3) is 11.4 Å². The van der Waals surface area contributed by atoms with Gasteiger partial charge in [-0.2, -0.15) is 13.2 Å². The van der Waals surface area contributed by atoms with E-state index in [1.54, 1.807) is 18.2 Å². The minimum absolute atomic E-state index is 0.0201. The van der Waals surface area contributed by atoms with Crippen LogP contribution in [-0.2, 0) is 22.3 Å². The zero-order valence-electron chi connectivity index (χ0n) is 21.3. The minimum Gasteiger partial charge on any atom is -0.457 e. The third-order valence-electron chi connectivity index (χ3n) is 6.58. The van der Waals surface area contributed by atoms with Crippen molar-refractivity contribution in [1.29, 1.82) is 0 Å². The normalized spacial score (nSPS) is 17.9. The van der Waals surface area contributed by atoms with Crippen LogP contribution in [0.2, 0.25) is 0 Å². The number of anilines is 1. The van der Waals surface area contributed by atoms with Gasteiger partial charge in [-0.15, -0.1) is 0 Å². The molecule has 3 heterocycles. The number of nitrogens with zero attached hydrogens (tertiary/aromatic N) is 3. The number of rotatable bonds is 8. The Labute approximate surface area is 227 Å². The van der Waals surface area contributed by atoms with E-state index in [0.29, 0.717) is 57.1 Å². The van der Waals surface area contributed by atoms with E-state index < -0.39 is 23.7 Å². The molecule has 1 atom stereocenters. The van der Waals surface area contributed by atoms with Crippen molar-refractivity contribution in [2.24, 2.45) is 5.73 Å². The minimum atomic E-state index is -4.44. The monoisotopic (exact) mass is 556 g/mol. The van der Waals surface area contributed by atoms with Crippen molar-refractivity contribution in [3.05, 3.63) is 65.4 Å². The summed E-state index contributed by atoms with van der Waals surface area (Å²) < 4.78 is 50.2. The van der Waals surface area contributed by atoms with Crippen LogP contribution in [0.1, 0.15) is 28.0 Å². The molecule has 13 heteroatoms. The number of morpholine rings is 1. The Hall–Kier alpha value is -4.23. The van der Waals surface area contributed by atoms with Crippen LogP contribution in [0, 0.1) is 0 Å². The predicted molar refractivity (Wildman–Crippen MR) is 139 cm³/mol. The van der Waals surface area contributed by atoms with Gasteiger partial charge in [-0.1, -0.05) is 0 Å². The quantitative estimate of drug-likeness (QED) is 0.386. The molecular weight excluding hydrogens is 529 g/mol. The maximum absolute atomic E-state index is 12.9. The molecule has 40 heavy (non-hydrogen) atoms. The summed E-state index contributed by atoms with van der Waals surface area (Å²) in [5, 5.41) is 5.80. The van der Waals surface area contributed by atoms with E-state index in [0.717, 1.165) is 17.7 Å². The lowest BCUT2D eigenvalue weighted by Crippen LogP contribution is -2.35. The summed E-state index contributed by atoms with van der Waals surface area (Å²) in [6.07, 6.45) is -3.89. The number of primary amides is 1. The van der Waals surface area contributed by atoms with Crippen molar-refractivity contribution in [2.45, 2.75) is 25.2 Å². The number of carbonyl (C=O) groups excluding carboxylic acids is 2. The van der Waals surface area contributed by atoms with E-state index in [9.17, 15) is 22.8 Å². The molecule has 1 aromatic heterocycles. The average Bonchev–Trinajstić information content (AvgIpc) is 3.33. The van der Waals surface area contributed by atoms with E-state index in [2.05, 4.69) is 25.5 Å². The van der Waals surface area contributed by atoms with Crippen molar-refractivity contribution >= 4 is 17.6 Å². The van der Waals surface area contributed by atoms with Gasteiger partial charge in [0.25, 0.3) is 5.91 Å². The van der Waals surface area contributed by atoms with Crippen LogP contribution < -0.4 is 21.1 Å². The molecule has 0 saturated carbocycles. The number of ether oxygens (including phenoxy) is 2. The van der Waals surface area contributed by atoms with Crippen LogP contribution >= 0.6 is 0 Å². The van der Waals surface area contributed by atoms with Crippen molar-refractivity contribution in [3.8, 4) is 22.9 Å². The summed E-state index contributed by atoms with van der Waals surface area (Å²) in [4.78, 5) is 35.3. The fourth-order valence-corrected chi connectivity index (χ4v) is 4.51. The highest BCUT2D eigenvalue weighted by Gasteiger charge is 2.30. The smallest absolute Gasteiger partial charge is 0.416 e. The zero-order valence-corrected chi connectivity index (χ0v) is 21.3. The second-order valence-corrected chi connectivity index (χ2v) is 9.43. The number of halogens is 3. The lowest BCUT2D eigenvalue weighted by molar-refractivity contribution is -0.137. The second-order valence-electron chi connectivity index (χ2n) is 9.43. The largest absolute Gasteiger partial charge is 0.457 e. The Morgan fingerprint density at radius 2 is 1.82 bits per heavy atom. The van der Waals surface area contributed by atoms with Gasteiger partial charge in [0.1, 0.15) is 29.1 Å². The molecule has 0 bridgehead atoms. The van der Waals surface area contributed by atoms with Crippen molar-refractivity contribution in [3.63, 3.8) is 0 Å². The number of nitrogens with two attached hydrogens (primary N) is 1. The van der Waals surface area contributed by atoms with Gasteiger partial charge in [0.15, 0.2) is 5.82 Å².